The molecule has 0 atom stereocenters. The van der Waals surface area contributed by atoms with E-state index >= 15 is 0 Å². The number of hydrogen-bond acceptors (Lipinski definition) is 4. The topological polar surface area (TPSA) is 73.6 Å². The monoisotopic (exact) mass is 356 g/mol. The van der Waals surface area contributed by atoms with Crippen LogP contribution >= 0.6 is 12.4 Å². The van der Waals surface area contributed by atoms with Gasteiger partial charge in [-0.2, -0.15) is 0 Å². The summed E-state index contributed by atoms with van der Waals surface area (Å²) < 4.78 is 10.8. The summed E-state index contributed by atoms with van der Waals surface area (Å²) in [5, 5.41) is 2.98. The van der Waals surface area contributed by atoms with E-state index < -0.39 is 5.54 Å². The summed E-state index contributed by atoms with van der Waals surface area (Å²) in [6, 6.07) is 5.99. The van der Waals surface area contributed by atoms with E-state index in [0.717, 1.165) is 42.6 Å². The van der Waals surface area contributed by atoms with Crippen molar-refractivity contribution in [3.05, 3.63) is 29.3 Å². The van der Waals surface area contributed by atoms with Gasteiger partial charge in [0.1, 0.15) is 12.4 Å². The first kappa shape index (κ1) is 20.7. The molecule has 24 heavy (non-hydrogen) atoms. The van der Waals surface area contributed by atoms with Crippen molar-refractivity contribution in [1.82, 2.24) is 5.32 Å². The number of nitrogens with one attached hydrogen (secondary N) is 1. The number of hydrogen-bond donors (Lipinski definition) is 2. The predicted molar refractivity (Wildman–Crippen MR) is 97.6 cm³/mol. The van der Waals surface area contributed by atoms with Crippen LogP contribution in [0.3, 0.4) is 0 Å². The van der Waals surface area contributed by atoms with Gasteiger partial charge in [0.2, 0.25) is 5.91 Å². The average Bonchev–Trinajstić information content (AvgIpc) is 2.54. The molecular formula is C18H29ClN2O3. The first-order valence-corrected chi connectivity index (χ1v) is 8.33. The number of ether oxygens (including phenoxy) is 2. The maximum Gasteiger partial charge on any atom is 0.240 e. The quantitative estimate of drug-likeness (QED) is 0.737. The Hall–Kier alpha value is -1.30. The second kappa shape index (κ2) is 9.87. The lowest BCUT2D eigenvalue weighted by Crippen LogP contribution is -2.54. The fourth-order valence-electron chi connectivity index (χ4n) is 2.94. The summed E-state index contributed by atoms with van der Waals surface area (Å²) in [5.74, 6) is 0.734. The van der Waals surface area contributed by atoms with Gasteiger partial charge in [-0.1, -0.05) is 31.4 Å². The summed E-state index contributed by atoms with van der Waals surface area (Å²) in [5.41, 5.74) is 7.64. The van der Waals surface area contributed by atoms with Gasteiger partial charge in [-0.3, -0.25) is 4.79 Å². The first-order valence-electron chi connectivity index (χ1n) is 8.33. The Labute approximate surface area is 150 Å². The molecule has 1 amide bonds. The number of carbonyl (C=O) groups is 1. The Morgan fingerprint density at radius 1 is 1.25 bits per heavy atom. The second-order valence-electron chi connectivity index (χ2n) is 6.35. The Bertz CT molecular complexity index is 531. The Kier molecular flexibility index (Phi) is 8.53. The maximum absolute atomic E-state index is 12.4. The van der Waals surface area contributed by atoms with Gasteiger partial charge in [0, 0.05) is 19.2 Å². The van der Waals surface area contributed by atoms with Crippen LogP contribution < -0.4 is 15.8 Å². The molecule has 0 saturated heterocycles. The van der Waals surface area contributed by atoms with Crippen molar-refractivity contribution in [3.63, 3.8) is 0 Å². The van der Waals surface area contributed by atoms with E-state index in [2.05, 4.69) is 5.32 Å². The molecule has 136 valence electrons. The van der Waals surface area contributed by atoms with Gasteiger partial charge in [-0.25, -0.2) is 0 Å². The highest BCUT2D eigenvalue weighted by Crippen LogP contribution is 2.26. The largest absolute Gasteiger partial charge is 0.491 e. The van der Waals surface area contributed by atoms with Gasteiger partial charge in [0.15, 0.2) is 0 Å². The molecule has 1 aromatic carbocycles. The number of benzene rings is 1. The number of nitrogens with two attached hydrogens (primary N) is 1. The van der Waals surface area contributed by atoms with Crippen LogP contribution in [0.4, 0.5) is 0 Å². The first-order chi connectivity index (χ1) is 11.0. The fourth-order valence-corrected chi connectivity index (χ4v) is 2.94. The van der Waals surface area contributed by atoms with E-state index in [1.807, 2.05) is 25.1 Å². The number of rotatable bonds is 7. The molecule has 1 fully saturated rings. The smallest absolute Gasteiger partial charge is 0.240 e. The molecule has 0 aliphatic heterocycles. The van der Waals surface area contributed by atoms with Crippen LogP contribution in [0.2, 0.25) is 0 Å². The Morgan fingerprint density at radius 2 is 1.96 bits per heavy atom. The third-order valence-corrected chi connectivity index (χ3v) is 4.41. The van der Waals surface area contributed by atoms with Crippen LogP contribution in [0, 0.1) is 6.92 Å². The van der Waals surface area contributed by atoms with Crippen LogP contribution in [0.1, 0.15) is 43.2 Å². The molecule has 2 rings (SSSR count). The normalized spacial score (nSPS) is 16.1. The number of methoxy groups -OCH3 is 1. The molecule has 0 radical (unpaired) electrons. The molecule has 0 bridgehead atoms. The molecular weight excluding hydrogens is 328 g/mol. The number of amides is 1. The predicted octanol–water partition coefficient (Wildman–Crippen LogP) is 2.72. The molecule has 0 spiro atoms. The van der Waals surface area contributed by atoms with Gasteiger partial charge in [0.05, 0.1) is 12.1 Å². The van der Waals surface area contributed by atoms with E-state index in [1.54, 1.807) is 7.11 Å². The van der Waals surface area contributed by atoms with Crippen molar-refractivity contribution in [1.29, 1.82) is 0 Å². The van der Waals surface area contributed by atoms with E-state index in [4.69, 9.17) is 15.2 Å². The molecule has 1 aromatic rings. The standard InChI is InChI=1S/C18H28N2O3.ClH/c1-14-6-7-15(16(12-14)23-11-10-22-2)13-20-17(21)18(19)8-4-3-5-9-18;/h6-7,12H,3-5,8-11,13,19H2,1-2H3,(H,20,21);1H. The van der Waals surface area contributed by atoms with Gasteiger partial charge in [0.25, 0.3) is 0 Å². The SMILES string of the molecule is COCCOc1cc(C)ccc1CNC(=O)C1(N)CCCCC1.Cl. The van der Waals surface area contributed by atoms with Crippen LogP contribution in [0.15, 0.2) is 18.2 Å². The third kappa shape index (κ3) is 5.65. The molecule has 5 nitrogen and oxygen atoms in total. The van der Waals surface area contributed by atoms with E-state index in [9.17, 15) is 4.79 Å². The zero-order valence-electron chi connectivity index (χ0n) is 14.6. The zero-order valence-corrected chi connectivity index (χ0v) is 15.4. The van der Waals surface area contributed by atoms with Gasteiger partial charge in [-0.05, 0) is 31.4 Å². The van der Waals surface area contributed by atoms with Crippen molar-refractivity contribution in [3.8, 4) is 5.75 Å². The molecule has 1 aliphatic carbocycles. The van der Waals surface area contributed by atoms with Crippen molar-refractivity contribution >= 4 is 18.3 Å². The molecule has 1 saturated carbocycles. The molecule has 3 N–H and O–H groups in total. The zero-order chi connectivity index (χ0) is 16.7. The molecule has 0 heterocycles. The van der Waals surface area contributed by atoms with Gasteiger partial charge in [-0.15, -0.1) is 12.4 Å². The summed E-state index contributed by atoms with van der Waals surface area (Å²) in [6.07, 6.45) is 4.76. The molecule has 6 heteroatoms. The average molecular weight is 357 g/mol. The maximum atomic E-state index is 12.4. The lowest BCUT2D eigenvalue weighted by atomic mass is 9.82. The fraction of sp³-hybridized carbons (Fsp3) is 0.611. The highest BCUT2D eigenvalue weighted by Gasteiger charge is 2.34. The van der Waals surface area contributed by atoms with Crippen LogP contribution in [-0.2, 0) is 16.1 Å². The van der Waals surface area contributed by atoms with Gasteiger partial charge < -0.3 is 20.5 Å². The summed E-state index contributed by atoms with van der Waals surface area (Å²) in [6.45, 7) is 3.47. The Balaban J connectivity index is 0.00000288. The van der Waals surface area contributed by atoms with Crippen molar-refractivity contribution in [2.45, 2.75) is 51.1 Å². The minimum atomic E-state index is -0.708. The number of halogens is 1. The number of carbonyl (C=O) groups excluding carboxylic acids is 1. The minimum absolute atomic E-state index is 0. The summed E-state index contributed by atoms with van der Waals surface area (Å²) in [4.78, 5) is 12.4. The van der Waals surface area contributed by atoms with E-state index in [1.165, 1.54) is 6.42 Å². The van der Waals surface area contributed by atoms with E-state index in [-0.39, 0.29) is 18.3 Å². The van der Waals surface area contributed by atoms with Gasteiger partial charge >= 0.3 is 0 Å². The minimum Gasteiger partial charge on any atom is -0.491 e. The lowest BCUT2D eigenvalue weighted by Gasteiger charge is -2.31. The Morgan fingerprint density at radius 3 is 2.62 bits per heavy atom. The molecule has 0 unspecified atom stereocenters. The third-order valence-electron chi connectivity index (χ3n) is 4.41. The lowest BCUT2D eigenvalue weighted by molar-refractivity contribution is -0.127. The van der Waals surface area contributed by atoms with Crippen LogP contribution in [0.25, 0.3) is 0 Å². The molecule has 1 aliphatic rings. The van der Waals surface area contributed by atoms with Crippen molar-refractivity contribution in [2.24, 2.45) is 5.73 Å². The van der Waals surface area contributed by atoms with Crippen molar-refractivity contribution < 1.29 is 14.3 Å². The second-order valence-corrected chi connectivity index (χ2v) is 6.35. The van der Waals surface area contributed by atoms with E-state index in [0.29, 0.717) is 19.8 Å². The molecule has 0 aromatic heterocycles. The summed E-state index contributed by atoms with van der Waals surface area (Å²) in [7, 11) is 1.64. The highest BCUT2D eigenvalue weighted by molar-refractivity contribution is 5.86. The summed E-state index contributed by atoms with van der Waals surface area (Å²) >= 11 is 0. The van der Waals surface area contributed by atoms with Crippen molar-refractivity contribution in [2.75, 3.05) is 20.3 Å². The highest BCUT2D eigenvalue weighted by atomic mass is 35.5. The van der Waals surface area contributed by atoms with Crippen LogP contribution in [0.5, 0.6) is 5.75 Å². The van der Waals surface area contributed by atoms with Crippen LogP contribution in [-0.4, -0.2) is 31.8 Å². The number of aryl methyl sites for hydroxylation is 1.